The molecule has 0 unspecified atom stereocenters. The highest BCUT2D eigenvalue weighted by Gasteiger charge is 2.21. The van der Waals surface area contributed by atoms with Crippen LogP contribution in [0.3, 0.4) is 0 Å². The van der Waals surface area contributed by atoms with Gasteiger partial charge in [-0.15, -0.1) is 0 Å². The molecular weight excluding hydrogens is 454 g/mol. The number of esters is 2. The smallest absolute Gasteiger partial charge is 0.343 e. The molecule has 0 spiro atoms. The number of hydrogen-bond donors (Lipinski definition) is 1. The molecule has 0 radical (unpaired) electrons. The molecular formula is C30H37NO5. The zero-order chi connectivity index (χ0) is 26.6. The molecule has 0 aliphatic rings. The molecule has 0 heterocycles. The summed E-state index contributed by atoms with van der Waals surface area (Å²) in [6, 6.07) is 15.1. The Morgan fingerprint density at radius 3 is 2.31 bits per heavy atom. The van der Waals surface area contributed by atoms with Crippen molar-refractivity contribution >= 4 is 17.7 Å². The van der Waals surface area contributed by atoms with E-state index >= 15 is 0 Å². The number of nitrogens with one attached hydrogen (secondary N) is 1. The molecule has 0 saturated carbocycles. The standard InChI is InChI=1S/C30H37NO5/c1-6-8-9-10-15-27(32)26(28(33)35-7-2)21-31-20-22-16-18-23(19-17-22)24-13-11-12-14-25(24)29(34)36-30(3,4)5/h10-19,21,31H,6-9,20H2,1-5H3. The Labute approximate surface area is 214 Å². The van der Waals surface area contributed by atoms with Crippen molar-refractivity contribution in [1.29, 1.82) is 0 Å². The third-order valence-electron chi connectivity index (χ3n) is 5.12. The minimum absolute atomic E-state index is 0.0347. The lowest BCUT2D eigenvalue weighted by Gasteiger charge is -2.20. The van der Waals surface area contributed by atoms with Crippen molar-refractivity contribution in [2.45, 2.75) is 66.0 Å². The zero-order valence-corrected chi connectivity index (χ0v) is 21.9. The van der Waals surface area contributed by atoms with Crippen LogP contribution in [0.15, 0.2) is 72.5 Å². The number of unbranched alkanes of at least 4 members (excludes halogenated alkanes) is 2. The summed E-state index contributed by atoms with van der Waals surface area (Å²) in [6.45, 7) is 9.90. The zero-order valence-electron chi connectivity index (χ0n) is 21.9. The molecule has 0 aliphatic carbocycles. The highest BCUT2D eigenvalue weighted by Crippen LogP contribution is 2.26. The topological polar surface area (TPSA) is 81.7 Å². The van der Waals surface area contributed by atoms with E-state index in [0.29, 0.717) is 12.1 Å². The van der Waals surface area contributed by atoms with Crippen molar-refractivity contribution in [1.82, 2.24) is 5.32 Å². The summed E-state index contributed by atoms with van der Waals surface area (Å²) in [4.78, 5) is 37.4. The lowest BCUT2D eigenvalue weighted by atomic mass is 9.98. The third-order valence-corrected chi connectivity index (χ3v) is 5.12. The van der Waals surface area contributed by atoms with Gasteiger partial charge in [0.15, 0.2) is 5.78 Å². The monoisotopic (exact) mass is 491 g/mol. The third kappa shape index (κ3) is 9.17. The summed E-state index contributed by atoms with van der Waals surface area (Å²) in [5, 5.41) is 3.05. The SMILES string of the molecule is CCCCC=CC(=O)C(=CNCc1ccc(-c2ccccc2C(=O)OC(C)(C)C)cc1)C(=O)OCC. The fourth-order valence-electron chi connectivity index (χ4n) is 3.36. The lowest BCUT2D eigenvalue weighted by molar-refractivity contribution is -0.139. The number of hydrogen-bond acceptors (Lipinski definition) is 6. The fraction of sp³-hybridized carbons (Fsp3) is 0.367. The molecule has 0 atom stereocenters. The average Bonchev–Trinajstić information content (AvgIpc) is 2.84. The quantitative estimate of drug-likeness (QED) is 0.126. The van der Waals surface area contributed by atoms with Crippen LogP contribution in [-0.4, -0.2) is 29.9 Å². The molecule has 0 bridgehead atoms. The van der Waals surface area contributed by atoms with Crippen LogP contribution >= 0.6 is 0 Å². The van der Waals surface area contributed by atoms with E-state index in [0.717, 1.165) is 36.0 Å². The lowest BCUT2D eigenvalue weighted by Crippen LogP contribution is -2.24. The normalized spacial score (nSPS) is 11.9. The number of benzene rings is 2. The second-order valence-corrected chi connectivity index (χ2v) is 9.31. The number of ketones is 1. The first-order valence-electron chi connectivity index (χ1n) is 12.4. The Morgan fingerprint density at radius 1 is 0.972 bits per heavy atom. The molecule has 0 amide bonds. The molecule has 2 aromatic rings. The first-order valence-corrected chi connectivity index (χ1v) is 12.4. The van der Waals surface area contributed by atoms with E-state index in [1.165, 1.54) is 12.3 Å². The highest BCUT2D eigenvalue weighted by atomic mass is 16.6. The van der Waals surface area contributed by atoms with Crippen molar-refractivity contribution in [3.63, 3.8) is 0 Å². The molecule has 6 nitrogen and oxygen atoms in total. The van der Waals surface area contributed by atoms with Crippen LogP contribution in [-0.2, 0) is 25.6 Å². The molecule has 36 heavy (non-hydrogen) atoms. The van der Waals surface area contributed by atoms with Gasteiger partial charge in [-0.25, -0.2) is 9.59 Å². The van der Waals surface area contributed by atoms with E-state index in [1.807, 2.05) is 63.2 Å². The van der Waals surface area contributed by atoms with Crippen LogP contribution in [0.2, 0.25) is 0 Å². The van der Waals surface area contributed by atoms with Gasteiger partial charge < -0.3 is 14.8 Å². The molecule has 0 aromatic heterocycles. The van der Waals surface area contributed by atoms with Crippen LogP contribution in [0, 0.1) is 0 Å². The Kier molecular flexibility index (Phi) is 11.1. The van der Waals surface area contributed by atoms with Crippen molar-refractivity contribution in [3.8, 4) is 11.1 Å². The predicted octanol–water partition coefficient (Wildman–Crippen LogP) is 6.16. The average molecular weight is 492 g/mol. The number of carbonyl (C=O) groups is 3. The highest BCUT2D eigenvalue weighted by molar-refractivity contribution is 6.21. The van der Waals surface area contributed by atoms with Crippen molar-refractivity contribution in [2.75, 3.05) is 6.61 Å². The molecule has 0 aliphatic heterocycles. The van der Waals surface area contributed by atoms with Gasteiger partial charge in [-0.2, -0.15) is 0 Å². The van der Waals surface area contributed by atoms with E-state index in [2.05, 4.69) is 12.2 Å². The summed E-state index contributed by atoms with van der Waals surface area (Å²) in [6.07, 6.45) is 7.43. The van der Waals surface area contributed by atoms with E-state index in [1.54, 1.807) is 19.1 Å². The van der Waals surface area contributed by atoms with Gasteiger partial charge in [-0.1, -0.05) is 68.3 Å². The van der Waals surface area contributed by atoms with Gasteiger partial charge in [0.05, 0.1) is 12.2 Å². The maximum absolute atomic E-state index is 12.7. The van der Waals surface area contributed by atoms with Crippen molar-refractivity contribution in [3.05, 3.63) is 83.6 Å². The number of rotatable bonds is 12. The largest absolute Gasteiger partial charge is 0.462 e. The molecule has 2 aromatic carbocycles. The maximum Gasteiger partial charge on any atom is 0.343 e. The van der Waals surface area contributed by atoms with Crippen LogP contribution in [0.25, 0.3) is 11.1 Å². The number of allylic oxidation sites excluding steroid dienone is 2. The molecule has 2 rings (SSSR count). The Bertz CT molecular complexity index is 1090. The fourth-order valence-corrected chi connectivity index (χ4v) is 3.36. The van der Waals surface area contributed by atoms with Crippen LogP contribution < -0.4 is 5.32 Å². The van der Waals surface area contributed by atoms with Gasteiger partial charge >= 0.3 is 11.9 Å². The Morgan fingerprint density at radius 2 is 1.67 bits per heavy atom. The van der Waals surface area contributed by atoms with E-state index in [-0.39, 0.29) is 23.9 Å². The molecule has 1 N–H and O–H groups in total. The van der Waals surface area contributed by atoms with Gasteiger partial charge in [0.1, 0.15) is 11.2 Å². The summed E-state index contributed by atoms with van der Waals surface area (Å²) in [7, 11) is 0. The van der Waals surface area contributed by atoms with Crippen LogP contribution in [0.4, 0.5) is 0 Å². The van der Waals surface area contributed by atoms with E-state index in [4.69, 9.17) is 9.47 Å². The predicted molar refractivity (Wildman–Crippen MR) is 142 cm³/mol. The van der Waals surface area contributed by atoms with Crippen LogP contribution in [0.1, 0.15) is 69.8 Å². The summed E-state index contributed by atoms with van der Waals surface area (Å²) >= 11 is 0. The second-order valence-electron chi connectivity index (χ2n) is 9.31. The first-order chi connectivity index (χ1) is 17.2. The number of carbonyl (C=O) groups excluding carboxylic acids is 3. The molecule has 0 saturated heterocycles. The van der Waals surface area contributed by atoms with Gasteiger partial charge in [-0.05, 0) is 62.9 Å². The van der Waals surface area contributed by atoms with E-state index < -0.39 is 11.6 Å². The van der Waals surface area contributed by atoms with Crippen LogP contribution in [0.5, 0.6) is 0 Å². The van der Waals surface area contributed by atoms with Gasteiger partial charge in [-0.3, -0.25) is 4.79 Å². The Hall–Kier alpha value is -3.67. The maximum atomic E-state index is 12.7. The number of ether oxygens (including phenoxy) is 2. The second kappa shape index (κ2) is 14.0. The first kappa shape index (κ1) is 28.6. The molecule has 192 valence electrons. The minimum Gasteiger partial charge on any atom is -0.462 e. The minimum atomic E-state index is -0.649. The summed E-state index contributed by atoms with van der Waals surface area (Å²) in [5.41, 5.74) is 2.51. The summed E-state index contributed by atoms with van der Waals surface area (Å²) in [5.74, 6) is -1.40. The van der Waals surface area contributed by atoms with Gasteiger partial charge in [0.25, 0.3) is 0 Å². The van der Waals surface area contributed by atoms with Crippen molar-refractivity contribution in [2.24, 2.45) is 0 Å². The molecule has 6 heteroatoms. The van der Waals surface area contributed by atoms with Crippen molar-refractivity contribution < 1.29 is 23.9 Å². The molecule has 0 fully saturated rings. The summed E-state index contributed by atoms with van der Waals surface area (Å²) < 4.78 is 10.6. The van der Waals surface area contributed by atoms with Gasteiger partial charge in [0, 0.05) is 12.7 Å². The van der Waals surface area contributed by atoms with E-state index in [9.17, 15) is 14.4 Å². The van der Waals surface area contributed by atoms with Gasteiger partial charge in [0.2, 0.25) is 0 Å². The Balaban J connectivity index is 2.13.